The fourth-order valence-electron chi connectivity index (χ4n) is 9.93. The highest BCUT2D eigenvalue weighted by atomic mass is 16.6. The summed E-state index contributed by atoms with van der Waals surface area (Å²) in [5, 5.41) is 13.6. The highest BCUT2D eigenvalue weighted by Crippen LogP contribution is 2.58. The number of esters is 6. The Morgan fingerprint density at radius 1 is 0.595 bits per heavy atom. The molecule has 0 fully saturated rings. The van der Waals surface area contributed by atoms with Crippen molar-refractivity contribution in [1.82, 2.24) is 0 Å². The summed E-state index contributed by atoms with van der Waals surface area (Å²) in [4.78, 5) is 95.9. The molecular weight excluding hydrogens is 1090 g/mol. The third-order valence-electron chi connectivity index (χ3n) is 13.5. The van der Waals surface area contributed by atoms with Gasteiger partial charge in [0, 0.05) is 66.6 Å². The van der Waals surface area contributed by atoms with E-state index >= 15 is 0 Å². The van der Waals surface area contributed by atoms with Crippen molar-refractivity contribution in [3.05, 3.63) is 124 Å². The lowest BCUT2D eigenvalue weighted by Crippen LogP contribution is -2.38. The van der Waals surface area contributed by atoms with Crippen LogP contribution in [0.1, 0.15) is 130 Å². The van der Waals surface area contributed by atoms with Gasteiger partial charge in [-0.3, -0.25) is 28.8 Å². The van der Waals surface area contributed by atoms with Crippen molar-refractivity contribution < 1.29 is 86.0 Å². The summed E-state index contributed by atoms with van der Waals surface area (Å²) in [6, 6.07) is 22.9. The van der Waals surface area contributed by atoms with Gasteiger partial charge in [-0.25, -0.2) is 4.79 Å². The van der Waals surface area contributed by atoms with Crippen molar-refractivity contribution in [2.45, 2.75) is 106 Å². The molecule has 2 heterocycles. The number of rotatable bonds is 30. The third-order valence-corrected chi connectivity index (χ3v) is 13.5. The standard InChI is InChI=1S/C63H73N3O18/c1-9-15-19-41-29-47-54(33-52(41)81-39(7)67)83-55-34-53(82-40(8)68)42(20-16-10-2)30-48(55)63(47)46-31-43(23-25-45(46)62(74)84-63)61(73)64-44-24-26-50(66(37-59(71)77-13-5)38-60(72)78-14-6)56(32-44)80-28-27-79-51-22-18-17-21-49(51)65(35-57(69)75-11-3)36-58(70)76-12-4/h17-18,21-26,29-34,57,69H,9-16,19-20,27-28,35-38H2,1-8H3,(H,64,73). The zero-order chi connectivity index (χ0) is 60.5. The minimum Gasteiger partial charge on any atom is -0.488 e. The van der Waals surface area contributed by atoms with Crippen molar-refractivity contribution in [2.75, 3.05) is 80.9 Å². The number of anilines is 3. The summed E-state index contributed by atoms with van der Waals surface area (Å²) >= 11 is 0. The number of aliphatic hydroxyl groups is 1. The maximum atomic E-state index is 14.8. The fourth-order valence-corrected chi connectivity index (χ4v) is 9.93. The Hall–Kier alpha value is -8.69. The molecule has 21 nitrogen and oxygen atoms in total. The number of aliphatic hydroxyl groups excluding tert-OH is 1. The highest BCUT2D eigenvalue weighted by Gasteiger charge is 2.54. The van der Waals surface area contributed by atoms with Crippen LogP contribution >= 0.6 is 0 Å². The summed E-state index contributed by atoms with van der Waals surface area (Å²) in [7, 11) is 0. The van der Waals surface area contributed by atoms with E-state index in [4.69, 9.17) is 47.4 Å². The van der Waals surface area contributed by atoms with Gasteiger partial charge >= 0.3 is 35.8 Å². The summed E-state index contributed by atoms with van der Waals surface area (Å²) in [6.45, 7) is 12.6. The first kappa shape index (κ1) is 62.9. The van der Waals surface area contributed by atoms with Crippen LogP contribution in [0.25, 0.3) is 0 Å². The molecule has 84 heavy (non-hydrogen) atoms. The first-order chi connectivity index (χ1) is 40.5. The third kappa shape index (κ3) is 15.3. The van der Waals surface area contributed by atoms with E-state index in [0.29, 0.717) is 52.1 Å². The molecule has 2 aliphatic rings. The van der Waals surface area contributed by atoms with Crippen LogP contribution in [0, 0.1) is 0 Å². The zero-order valence-electron chi connectivity index (χ0n) is 48.8. The molecule has 2 aliphatic heterocycles. The van der Waals surface area contributed by atoms with Crippen LogP contribution in [0.15, 0.2) is 84.9 Å². The van der Waals surface area contributed by atoms with Crippen molar-refractivity contribution in [3.63, 3.8) is 0 Å². The van der Waals surface area contributed by atoms with E-state index in [1.165, 1.54) is 36.9 Å². The van der Waals surface area contributed by atoms with E-state index in [1.54, 1.807) is 87.2 Å². The first-order valence-corrected chi connectivity index (χ1v) is 28.3. The number of amides is 1. The Bertz CT molecular complexity index is 3120. The minimum atomic E-state index is -1.73. The number of fused-ring (bicyclic) bond motifs is 6. The minimum absolute atomic E-state index is 0.0753. The number of benzene rings is 5. The zero-order valence-corrected chi connectivity index (χ0v) is 48.8. The number of hydrogen-bond donors (Lipinski definition) is 2. The molecule has 0 aliphatic carbocycles. The molecule has 0 saturated carbocycles. The number of carbonyl (C=O) groups excluding carboxylic acids is 7. The van der Waals surface area contributed by atoms with Gasteiger partial charge in [-0.05, 0) is 119 Å². The Kier molecular flexibility index (Phi) is 22.1. The number of hydrogen-bond acceptors (Lipinski definition) is 20. The van der Waals surface area contributed by atoms with Crippen LogP contribution in [0.3, 0.4) is 0 Å². The van der Waals surface area contributed by atoms with Gasteiger partial charge in [-0.1, -0.05) is 38.8 Å². The van der Waals surface area contributed by atoms with Gasteiger partial charge in [-0.15, -0.1) is 0 Å². The summed E-state index contributed by atoms with van der Waals surface area (Å²) < 4.78 is 58.4. The monoisotopic (exact) mass is 1160 g/mol. The Morgan fingerprint density at radius 2 is 1.13 bits per heavy atom. The quantitative estimate of drug-likeness (QED) is 0.0143. The Morgan fingerprint density at radius 3 is 1.67 bits per heavy atom. The maximum Gasteiger partial charge on any atom is 0.340 e. The second-order valence-corrected chi connectivity index (χ2v) is 19.6. The van der Waals surface area contributed by atoms with Crippen LogP contribution in [-0.4, -0.2) is 119 Å². The van der Waals surface area contributed by atoms with Gasteiger partial charge in [-0.2, -0.15) is 0 Å². The van der Waals surface area contributed by atoms with Gasteiger partial charge in [0.2, 0.25) is 0 Å². The van der Waals surface area contributed by atoms with Crippen LogP contribution in [0.2, 0.25) is 0 Å². The lowest BCUT2D eigenvalue weighted by Gasteiger charge is -2.37. The van der Waals surface area contributed by atoms with Crippen LogP contribution in [0.4, 0.5) is 17.1 Å². The van der Waals surface area contributed by atoms with E-state index in [1.807, 2.05) is 26.0 Å². The molecule has 2 N–H and O–H groups in total. The molecule has 1 amide bonds. The van der Waals surface area contributed by atoms with Gasteiger partial charge in [0.15, 0.2) is 11.9 Å². The van der Waals surface area contributed by atoms with E-state index in [2.05, 4.69) is 5.32 Å². The number of aryl methyl sites for hydroxylation is 2. The molecule has 448 valence electrons. The summed E-state index contributed by atoms with van der Waals surface area (Å²) in [6.07, 6.45) is 2.87. The number of nitrogens with one attached hydrogen (secondary N) is 1. The Labute approximate surface area is 488 Å². The van der Waals surface area contributed by atoms with Gasteiger partial charge in [0.25, 0.3) is 5.91 Å². The second kappa shape index (κ2) is 29.5. The molecule has 0 bridgehead atoms. The summed E-state index contributed by atoms with van der Waals surface area (Å²) in [5.74, 6) is -2.84. The molecule has 0 radical (unpaired) electrons. The van der Waals surface area contributed by atoms with Crippen LogP contribution in [0.5, 0.6) is 34.5 Å². The van der Waals surface area contributed by atoms with E-state index in [0.717, 1.165) is 25.7 Å². The fraction of sp³-hybridized carbons (Fsp3) is 0.413. The van der Waals surface area contributed by atoms with Gasteiger partial charge < -0.3 is 67.6 Å². The van der Waals surface area contributed by atoms with E-state index in [-0.39, 0.29) is 117 Å². The van der Waals surface area contributed by atoms with Crippen LogP contribution < -0.4 is 38.8 Å². The second-order valence-electron chi connectivity index (χ2n) is 19.6. The predicted octanol–water partition coefficient (Wildman–Crippen LogP) is 9.16. The molecule has 1 atom stereocenters. The predicted molar refractivity (Wildman–Crippen MR) is 308 cm³/mol. The molecule has 21 heteroatoms. The normalized spacial score (nSPS) is 12.8. The Balaban J connectivity index is 1.28. The number of ether oxygens (including phenoxy) is 10. The molecule has 7 rings (SSSR count). The molecule has 1 unspecified atom stereocenters. The lowest BCUT2D eigenvalue weighted by molar-refractivity contribution is -0.143. The number of para-hydroxylation sites is 2. The topological polar surface area (TPSA) is 251 Å². The molecule has 1 spiro atoms. The maximum absolute atomic E-state index is 14.8. The van der Waals surface area contributed by atoms with Gasteiger partial charge in [0.1, 0.15) is 67.3 Å². The average Bonchev–Trinajstić information content (AvgIpc) is 2.41. The number of unbranched alkanes of at least 4 members (excludes halogenated alkanes) is 2. The van der Waals surface area contributed by atoms with Crippen molar-refractivity contribution in [3.8, 4) is 34.5 Å². The van der Waals surface area contributed by atoms with E-state index < -0.39 is 53.6 Å². The van der Waals surface area contributed by atoms with E-state index in [9.17, 15) is 38.7 Å². The smallest absolute Gasteiger partial charge is 0.340 e. The highest BCUT2D eigenvalue weighted by molar-refractivity contribution is 6.06. The SMILES string of the molecule is CCCCc1cc2c(cc1OC(C)=O)Oc1cc(OC(C)=O)c(CCCC)cc1C21OC(=O)c2ccc(C(=O)Nc3ccc(N(CC(=O)OCC)CC(=O)OCC)c(OCCOc4ccccc4N(CC(=O)OCC)CC(O)OCC)c3)cc21. The first-order valence-electron chi connectivity index (χ1n) is 28.3. The van der Waals surface area contributed by atoms with Gasteiger partial charge in [0.05, 0.1) is 43.3 Å². The molecule has 5 aromatic rings. The van der Waals surface area contributed by atoms with Crippen LogP contribution in [-0.2, 0) is 66.1 Å². The lowest BCUT2D eigenvalue weighted by atomic mass is 9.75. The molecule has 0 aromatic heterocycles. The van der Waals surface area contributed by atoms with Crippen molar-refractivity contribution in [2.24, 2.45) is 0 Å². The largest absolute Gasteiger partial charge is 0.488 e. The summed E-state index contributed by atoms with van der Waals surface area (Å²) in [5.41, 5.74) is 1.96. The molecule has 5 aromatic carbocycles. The molecular formula is C63H73N3O18. The molecule has 0 saturated heterocycles. The number of nitrogens with zero attached hydrogens (tertiary/aromatic N) is 2. The average molecular weight is 1160 g/mol. The number of carbonyl (C=O) groups is 7. The van der Waals surface area contributed by atoms with Crippen molar-refractivity contribution >= 4 is 58.8 Å². The van der Waals surface area contributed by atoms with Crippen molar-refractivity contribution in [1.29, 1.82) is 0 Å².